The van der Waals surface area contributed by atoms with Crippen LogP contribution in [0.25, 0.3) is 0 Å². The number of nitrogens with one attached hydrogen (secondary N) is 1. The lowest BCUT2D eigenvalue weighted by Gasteiger charge is -2.17. The molecular formula is C7H7N3O2. The first-order valence-corrected chi connectivity index (χ1v) is 3.52. The monoisotopic (exact) mass is 165 g/mol. The summed E-state index contributed by atoms with van der Waals surface area (Å²) in [5, 5.41) is 10.1. The van der Waals surface area contributed by atoms with Crippen LogP contribution in [-0.2, 0) is 4.79 Å². The summed E-state index contributed by atoms with van der Waals surface area (Å²) in [6, 6.07) is 0. The summed E-state index contributed by atoms with van der Waals surface area (Å²) in [5.41, 5.74) is 1.28. The Balaban J connectivity index is 2.48. The van der Waals surface area contributed by atoms with Crippen molar-refractivity contribution in [2.45, 2.75) is 6.92 Å². The summed E-state index contributed by atoms with van der Waals surface area (Å²) < 4.78 is 5.15. The molecular weight excluding hydrogens is 158 g/mol. The Morgan fingerprint density at radius 3 is 3.33 bits per heavy atom. The lowest BCUT2D eigenvalue weighted by Crippen LogP contribution is -2.26. The van der Waals surface area contributed by atoms with Gasteiger partial charge in [0.15, 0.2) is 12.4 Å². The van der Waals surface area contributed by atoms with Gasteiger partial charge in [-0.3, -0.25) is 4.79 Å². The Labute approximate surface area is 68.8 Å². The average Bonchev–Trinajstić information content (AvgIpc) is 2.04. The van der Waals surface area contributed by atoms with Crippen LogP contribution < -0.4 is 10.1 Å². The second kappa shape index (κ2) is 2.44. The van der Waals surface area contributed by atoms with Gasteiger partial charge in [-0.05, 0) is 6.92 Å². The molecule has 2 rings (SSSR count). The molecule has 0 radical (unpaired) electrons. The highest BCUT2D eigenvalue weighted by molar-refractivity contribution is 5.95. The van der Waals surface area contributed by atoms with Crippen LogP contribution >= 0.6 is 0 Å². The maximum Gasteiger partial charge on any atom is 0.262 e. The van der Waals surface area contributed by atoms with Crippen LogP contribution in [0.4, 0.5) is 5.69 Å². The Bertz CT molecular complexity index is 337. The SMILES string of the molecule is Cc1nncc2c1OCC(=O)N2. The van der Waals surface area contributed by atoms with Crippen molar-refractivity contribution in [3.05, 3.63) is 11.9 Å². The third kappa shape index (κ3) is 0.990. The van der Waals surface area contributed by atoms with Crippen molar-refractivity contribution in [3.63, 3.8) is 0 Å². The van der Waals surface area contributed by atoms with E-state index in [1.54, 1.807) is 6.92 Å². The van der Waals surface area contributed by atoms with E-state index in [1.807, 2.05) is 0 Å². The molecule has 1 aliphatic rings. The van der Waals surface area contributed by atoms with Gasteiger partial charge >= 0.3 is 0 Å². The number of anilines is 1. The lowest BCUT2D eigenvalue weighted by atomic mass is 10.3. The van der Waals surface area contributed by atoms with E-state index in [9.17, 15) is 4.79 Å². The van der Waals surface area contributed by atoms with Gasteiger partial charge in [0.05, 0.1) is 6.20 Å². The number of carbonyl (C=O) groups excluding carboxylic acids is 1. The highest BCUT2D eigenvalue weighted by atomic mass is 16.5. The van der Waals surface area contributed by atoms with Crippen LogP contribution in [0.3, 0.4) is 0 Å². The summed E-state index contributed by atoms with van der Waals surface area (Å²) in [7, 11) is 0. The number of aryl methyl sites for hydroxylation is 1. The van der Waals surface area contributed by atoms with E-state index < -0.39 is 0 Å². The summed E-state index contributed by atoms with van der Waals surface area (Å²) in [6.45, 7) is 1.84. The number of hydrogen-bond donors (Lipinski definition) is 1. The zero-order valence-corrected chi connectivity index (χ0v) is 6.50. The molecule has 0 aliphatic carbocycles. The van der Waals surface area contributed by atoms with Crippen molar-refractivity contribution < 1.29 is 9.53 Å². The number of aromatic nitrogens is 2. The molecule has 0 atom stereocenters. The molecule has 1 aliphatic heterocycles. The fraction of sp³-hybridized carbons (Fsp3) is 0.286. The van der Waals surface area contributed by atoms with Gasteiger partial charge in [-0.15, -0.1) is 0 Å². The molecule has 1 aromatic rings. The Morgan fingerprint density at radius 2 is 2.50 bits per heavy atom. The smallest absolute Gasteiger partial charge is 0.262 e. The number of hydrogen-bond acceptors (Lipinski definition) is 4. The number of nitrogens with zero attached hydrogens (tertiary/aromatic N) is 2. The molecule has 0 bridgehead atoms. The third-order valence-corrected chi connectivity index (χ3v) is 1.59. The minimum atomic E-state index is -0.157. The Morgan fingerprint density at radius 1 is 1.67 bits per heavy atom. The first-order valence-electron chi connectivity index (χ1n) is 3.52. The van der Waals surface area contributed by atoms with E-state index >= 15 is 0 Å². The van der Waals surface area contributed by atoms with E-state index in [2.05, 4.69) is 15.5 Å². The molecule has 0 fully saturated rings. The average molecular weight is 165 g/mol. The zero-order valence-electron chi connectivity index (χ0n) is 6.50. The zero-order chi connectivity index (χ0) is 8.55. The topological polar surface area (TPSA) is 64.1 Å². The Kier molecular flexibility index (Phi) is 1.43. The first kappa shape index (κ1) is 7.02. The fourth-order valence-corrected chi connectivity index (χ4v) is 1.07. The van der Waals surface area contributed by atoms with Gasteiger partial charge in [-0.25, -0.2) is 0 Å². The van der Waals surface area contributed by atoms with Crippen LogP contribution in [0.15, 0.2) is 6.20 Å². The molecule has 1 amide bonds. The van der Waals surface area contributed by atoms with Crippen LogP contribution in [0, 0.1) is 6.92 Å². The standard InChI is InChI=1S/C7H7N3O2/c1-4-7-5(2-8-10-4)9-6(11)3-12-7/h2H,3H2,1H3,(H,9,11). The lowest BCUT2D eigenvalue weighted by molar-refractivity contribution is -0.118. The molecule has 1 N–H and O–H groups in total. The predicted molar refractivity (Wildman–Crippen MR) is 40.9 cm³/mol. The molecule has 5 nitrogen and oxygen atoms in total. The van der Waals surface area contributed by atoms with Crippen LogP contribution in [0.1, 0.15) is 5.69 Å². The highest BCUT2D eigenvalue weighted by Crippen LogP contribution is 2.27. The summed E-state index contributed by atoms with van der Waals surface area (Å²) >= 11 is 0. The molecule has 2 heterocycles. The van der Waals surface area contributed by atoms with Crippen LogP contribution in [0.2, 0.25) is 0 Å². The highest BCUT2D eigenvalue weighted by Gasteiger charge is 2.18. The van der Waals surface area contributed by atoms with Gasteiger partial charge in [0.1, 0.15) is 11.4 Å². The maximum absolute atomic E-state index is 10.9. The van der Waals surface area contributed by atoms with Crippen molar-refractivity contribution >= 4 is 11.6 Å². The van der Waals surface area contributed by atoms with E-state index in [0.29, 0.717) is 17.1 Å². The van der Waals surface area contributed by atoms with Gasteiger partial charge in [0.2, 0.25) is 0 Å². The fourth-order valence-electron chi connectivity index (χ4n) is 1.07. The van der Waals surface area contributed by atoms with Crippen LogP contribution in [-0.4, -0.2) is 22.7 Å². The molecule has 5 heteroatoms. The third-order valence-electron chi connectivity index (χ3n) is 1.59. The molecule has 1 aromatic heterocycles. The minimum absolute atomic E-state index is 0.0551. The largest absolute Gasteiger partial charge is 0.480 e. The van der Waals surface area contributed by atoms with Gasteiger partial charge in [-0.1, -0.05) is 0 Å². The van der Waals surface area contributed by atoms with Crippen molar-refractivity contribution in [2.75, 3.05) is 11.9 Å². The van der Waals surface area contributed by atoms with Crippen molar-refractivity contribution in [3.8, 4) is 5.75 Å². The summed E-state index contributed by atoms with van der Waals surface area (Å²) in [4.78, 5) is 10.9. The van der Waals surface area contributed by atoms with Crippen molar-refractivity contribution in [1.82, 2.24) is 10.2 Å². The normalized spacial score (nSPS) is 14.6. The molecule has 12 heavy (non-hydrogen) atoms. The quantitative estimate of drug-likeness (QED) is 0.592. The number of fused-ring (bicyclic) bond motifs is 1. The van der Waals surface area contributed by atoms with E-state index in [4.69, 9.17) is 4.74 Å². The van der Waals surface area contributed by atoms with Crippen LogP contribution in [0.5, 0.6) is 5.75 Å². The number of rotatable bonds is 0. The molecule has 0 spiro atoms. The van der Waals surface area contributed by atoms with E-state index in [0.717, 1.165) is 0 Å². The number of amides is 1. The number of ether oxygens (including phenoxy) is 1. The Hall–Kier alpha value is -1.65. The van der Waals surface area contributed by atoms with Gasteiger partial charge in [0, 0.05) is 0 Å². The molecule has 0 saturated heterocycles. The van der Waals surface area contributed by atoms with Gasteiger partial charge < -0.3 is 10.1 Å². The predicted octanol–water partition coefficient (Wildman–Crippen LogP) is 0.116. The molecule has 62 valence electrons. The van der Waals surface area contributed by atoms with Crippen molar-refractivity contribution in [2.24, 2.45) is 0 Å². The van der Waals surface area contributed by atoms with Crippen molar-refractivity contribution in [1.29, 1.82) is 0 Å². The molecule has 0 saturated carbocycles. The summed E-state index contributed by atoms with van der Waals surface area (Å²) in [6.07, 6.45) is 1.47. The maximum atomic E-state index is 10.9. The molecule has 0 unspecified atom stereocenters. The second-order valence-corrected chi connectivity index (χ2v) is 2.51. The van der Waals surface area contributed by atoms with Gasteiger partial charge in [0.25, 0.3) is 5.91 Å². The minimum Gasteiger partial charge on any atom is -0.480 e. The van der Waals surface area contributed by atoms with Gasteiger partial charge in [-0.2, -0.15) is 10.2 Å². The second-order valence-electron chi connectivity index (χ2n) is 2.51. The molecule has 0 aromatic carbocycles. The van der Waals surface area contributed by atoms with E-state index in [-0.39, 0.29) is 12.5 Å². The first-order chi connectivity index (χ1) is 5.77. The number of carbonyl (C=O) groups is 1. The summed E-state index contributed by atoms with van der Waals surface area (Å²) in [5.74, 6) is 0.458. The van der Waals surface area contributed by atoms with E-state index in [1.165, 1.54) is 6.20 Å².